The van der Waals surface area contributed by atoms with Gasteiger partial charge in [-0.05, 0) is 31.5 Å². The Morgan fingerprint density at radius 1 is 1.46 bits per heavy atom. The summed E-state index contributed by atoms with van der Waals surface area (Å²) in [5, 5.41) is 14.5. The second kappa shape index (κ2) is 6.57. The van der Waals surface area contributed by atoms with Crippen LogP contribution in [-0.4, -0.2) is 32.1 Å². The van der Waals surface area contributed by atoms with Gasteiger partial charge in [-0.2, -0.15) is 10.2 Å². The Labute approximate surface area is 154 Å². The number of aromatic amines is 1. The molecule has 3 atom stereocenters. The van der Waals surface area contributed by atoms with Crippen LogP contribution in [0.3, 0.4) is 0 Å². The first-order chi connectivity index (χ1) is 12.5. The van der Waals surface area contributed by atoms with Crippen LogP contribution >= 0.6 is 11.6 Å². The zero-order valence-corrected chi connectivity index (χ0v) is 14.7. The summed E-state index contributed by atoms with van der Waals surface area (Å²) in [7, 11) is 0. The normalized spacial score (nSPS) is 20.0. The van der Waals surface area contributed by atoms with Crippen molar-refractivity contribution >= 4 is 23.3 Å². The maximum Gasteiger partial charge on any atom is 0.232 e. The monoisotopic (exact) mass is 373 g/mol. The summed E-state index contributed by atoms with van der Waals surface area (Å²) in [5.74, 6) is -0.348. The van der Waals surface area contributed by atoms with Gasteiger partial charge >= 0.3 is 0 Å². The van der Waals surface area contributed by atoms with Crippen molar-refractivity contribution in [3.8, 4) is 5.69 Å². The second-order valence-electron chi connectivity index (χ2n) is 6.48. The minimum absolute atomic E-state index is 0.124. The van der Waals surface area contributed by atoms with E-state index < -0.39 is 12.1 Å². The molecule has 0 radical (unpaired) electrons. The molecule has 6 nitrogen and oxygen atoms in total. The topological polar surface area (TPSA) is 75.6 Å². The molecule has 8 heteroatoms. The maximum atomic E-state index is 13.1. The van der Waals surface area contributed by atoms with Gasteiger partial charge in [0.2, 0.25) is 5.91 Å². The Bertz CT molecular complexity index is 952. The van der Waals surface area contributed by atoms with E-state index in [-0.39, 0.29) is 11.8 Å². The Hall–Kier alpha value is -2.67. The summed E-state index contributed by atoms with van der Waals surface area (Å²) in [6.07, 6.45) is 3.15. The molecule has 3 aromatic rings. The number of aromatic nitrogens is 4. The molecular weight excluding hydrogens is 357 g/mol. The van der Waals surface area contributed by atoms with E-state index in [4.69, 9.17) is 11.6 Å². The zero-order chi connectivity index (χ0) is 18.3. The lowest BCUT2D eigenvalue weighted by molar-refractivity contribution is -0.117. The van der Waals surface area contributed by atoms with E-state index in [9.17, 15) is 9.18 Å². The number of H-pyrrole nitrogens is 1. The fraction of sp³-hybridized carbons (Fsp3) is 0.278. The van der Waals surface area contributed by atoms with Gasteiger partial charge in [0.05, 0.1) is 17.8 Å². The van der Waals surface area contributed by atoms with Crippen molar-refractivity contribution in [3.05, 3.63) is 59.0 Å². The molecule has 1 fully saturated rings. The predicted molar refractivity (Wildman–Crippen MR) is 96.5 cm³/mol. The number of alkyl halides is 1. The summed E-state index contributed by atoms with van der Waals surface area (Å²) in [6.45, 7) is 1.79. The van der Waals surface area contributed by atoms with Crippen molar-refractivity contribution in [2.45, 2.75) is 31.4 Å². The quantitative estimate of drug-likeness (QED) is 0.714. The molecule has 134 valence electrons. The number of hydrogen-bond donors (Lipinski definition) is 2. The van der Waals surface area contributed by atoms with Gasteiger partial charge in [-0.1, -0.05) is 17.7 Å². The summed E-state index contributed by atoms with van der Waals surface area (Å²) in [4.78, 5) is 12.5. The third-order valence-electron chi connectivity index (χ3n) is 4.53. The molecular formula is C18H17ClFN5O. The number of carbonyl (C=O) groups is 1. The number of rotatable bonds is 5. The molecule has 1 aromatic carbocycles. The lowest BCUT2D eigenvalue weighted by Crippen LogP contribution is -2.18. The Morgan fingerprint density at radius 3 is 3.00 bits per heavy atom. The number of benzene rings is 1. The van der Waals surface area contributed by atoms with Crippen LogP contribution in [0.25, 0.3) is 5.69 Å². The van der Waals surface area contributed by atoms with Crippen LogP contribution in [0.2, 0.25) is 5.02 Å². The van der Waals surface area contributed by atoms with Crippen molar-refractivity contribution in [1.29, 1.82) is 0 Å². The van der Waals surface area contributed by atoms with Crippen LogP contribution in [0.5, 0.6) is 0 Å². The molecule has 0 saturated heterocycles. The second-order valence-corrected chi connectivity index (χ2v) is 6.91. The summed E-state index contributed by atoms with van der Waals surface area (Å²) in [5.41, 5.74) is 2.30. The van der Waals surface area contributed by atoms with Crippen LogP contribution < -0.4 is 5.32 Å². The molecule has 4 rings (SSSR count). The summed E-state index contributed by atoms with van der Waals surface area (Å²) < 4.78 is 14.8. The number of carbonyl (C=O) groups excluding carboxylic acids is 1. The van der Waals surface area contributed by atoms with E-state index in [0.29, 0.717) is 23.0 Å². The minimum Gasteiger partial charge on any atom is -0.309 e. The fourth-order valence-electron chi connectivity index (χ4n) is 2.78. The van der Waals surface area contributed by atoms with E-state index in [0.717, 1.165) is 11.3 Å². The highest BCUT2D eigenvalue weighted by molar-refractivity contribution is 6.30. The van der Waals surface area contributed by atoms with Gasteiger partial charge in [-0.25, -0.2) is 9.07 Å². The molecule has 0 aliphatic heterocycles. The third kappa shape index (κ3) is 3.35. The van der Waals surface area contributed by atoms with E-state index >= 15 is 0 Å². The van der Waals surface area contributed by atoms with Gasteiger partial charge in [0.1, 0.15) is 6.17 Å². The maximum absolute atomic E-state index is 13.1. The Kier molecular flexibility index (Phi) is 4.24. The SMILES string of the molecule is CC(C(=O)Nc1cc(C2CC2F)[nH]n1)c1cnn(-c2cccc(Cl)c2)c1. The molecule has 1 amide bonds. The molecule has 2 heterocycles. The van der Waals surface area contributed by atoms with E-state index in [1.807, 2.05) is 12.1 Å². The highest BCUT2D eigenvalue weighted by atomic mass is 35.5. The van der Waals surface area contributed by atoms with Gasteiger partial charge in [-0.3, -0.25) is 9.89 Å². The molecule has 0 bridgehead atoms. The van der Waals surface area contributed by atoms with Crippen LogP contribution in [0, 0.1) is 0 Å². The van der Waals surface area contributed by atoms with E-state index in [2.05, 4.69) is 20.6 Å². The van der Waals surface area contributed by atoms with Crippen LogP contribution in [0.4, 0.5) is 10.2 Å². The molecule has 1 aliphatic rings. The molecule has 26 heavy (non-hydrogen) atoms. The zero-order valence-electron chi connectivity index (χ0n) is 14.0. The fourth-order valence-corrected chi connectivity index (χ4v) is 2.97. The number of nitrogens with zero attached hydrogens (tertiary/aromatic N) is 3. The van der Waals surface area contributed by atoms with Gasteiger partial charge in [0.15, 0.2) is 5.82 Å². The first-order valence-corrected chi connectivity index (χ1v) is 8.70. The Balaban J connectivity index is 1.44. The van der Waals surface area contributed by atoms with Crippen LogP contribution in [0.1, 0.15) is 36.4 Å². The number of halogens is 2. The first kappa shape index (κ1) is 16.8. The van der Waals surface area contributed by atoms with Gasteiger partial charge in [-0.15, -0.1) is 0 Å². The lowest BCUT2D eigenvalue weighted by atomic mass is 10.0. The number of hydrogen-bond acceptors (Lipinski definition) is 3. The van der Waals surface area contributed by atoms with Crippen LogP contribution in [-0.2, 0) is 4.79 Å². The highest BCUT2D eigenvalue weighted by Gasteiger charge is 2.40. The van der Waals surface area contributed by atoms with Crippen molar-refractivity contribution in [3.63, 3.8) is 0 Å². The Morgan fingerprint density at radius 2 is 2.27 bits per heavy atom. The summed E-state index contributed by atoms with van der Waals surface area (Å²) in [6, 6.07) is 8.99. The largest absolute Gasteiger partial charge is 0.309 e. The molecule has 1 aliphatic carbocycles. The standard InChI is InChI=1S/C18H17ClFN5O/c1-10(11-8-21-25(9-11)13-4-2-3-12(19)5-13)18(26)22-17-7-16(23-24-17)14-6-15(14)20/h2-5,7-10,14-15H,6H2,1H3,(H2,22,23,24,26). The predicted octanol–water partition coefficient (Wildman–Crippen LogP) is 3.82. The average molecular weight is 374 g/mol. The minimum atomic E-state index is -0.810. The first-order valence-electron chi connectivity index (χ1n) is 8.32. The van der Waals surface area contributed by atoms with Crippen LogP contribution in [0.15, 0.2) is 42.7 Å². The molecule has 2 N–H and O–H groups in total. The van der Waals surface area contributed by atoms with E-state index in [1.165, 1.54) is 0 Å². The van der Waals surface area contributed by atoms with Gasteiger partial charge in [0.25, 0.3) is 0 Å². The smallest absolute Gasteiger partial charge is 0.232 e. The van der Waals surface area contributed by atoms with Crippen molar-refractivity contribution in [2.75, 3.05) is 5.32 Å². The van der Waals surface area contributed by atoms with Crippen molar-refractivity contribution in [1.82, 2.24) is 20.0 Å². The number of nitrogens with one attached hydrogen (secondary N) is 2. The summed E-state index contributed by atoms with van der Waals surface area (Å²) >= 11 is 6.00. The van der Waals surface area contributed by atoms with Gasteiger partial charge < -0.3 is 5.32 Å². The van der Waals surface area contributed by atoms with Crippen molar-refractivity contribution in [2.24, 2.45) is 0 Å². The molecule has 1 saturated carbocycles. The highest BCUT2D eigenvalue weighted by Crippen LogP contribution is 2.43. The van der Waals surface area contributed by atoms with Gasteiger partial charge in [0, 0.05) is 34.5 Å². The van der Waals surface area contributed by atoms with Crippen molar-refractivity contribution < 1.29 is 9.18 Å². The average Bonchev–Trinajstić information content (AvgIpc) is 3.05. The lowest BCUT2D eigenvalue weighted by Gasteiger charge is -2.08. The number of amides is 1. The molecule has 0 spiro atoms. The van der Waals surface area contributed by atoms with E-state index in [1.54, 1.807) is 42.2 Å². The molecule has 2 aromatic heterocycles. The molecule has 3 unspecified atom stereocenters. The third-order valence-corrected chi connectivity index (χ3v) is 4.76. The number of anilines is 1.